The van der Waals surface area contributed by atoms with Crippen LogP contribution in [0.15, 0.2) is 0 Å². The summed E-state index contributed by atoms with van der Waals surface area (Å²) >= 11 is 6.44. The van der Waals surface area contributed by atoms with E-state index in [9.17, 15) is 0 Å². The van der Waals surface area contributed by atoms with E-state index in [-0.39, 0.29) is 16.1 Å². The van der Waals surface area contributed by atoms with Crippen LogP contribution in [0.25, 0.3) is 0 Å². The van der Waals surface area contributed by atoms with Crippen LogP contribution in [-0.4, -0.2) is 76.1 Å². The monoisotopic (exact) mass is 648 g/mol. The van der Waals surface area contributed by atoms with Gasteiger partial charge in [-0.2, -0.15) is 15.0 Å². The molecule has 2 aliphatic rings. The molecule has 2 fully saturated rings. The number of hydrogen-bond donors (Lipinski definition) is 2. The molecule has 0 bridgehead atoms. The Labute approximate surface area is 282 Å². The normalized spacial score (nSPS) is 19.4. The molecule has 2 N–H and O–H groups in total. The highest BCUT2D eigenvalue weighted by atomic mass is 35.5. The van der Waals surface area contributed by atoms with Crippen LogP contribution in [0, 0.1) is 21.7 Å². The summed E-state index contributed by atoms with van der Waals surface area (Å²) in [5.74, 6) is 1.12. The van der Waals surface area contributed by atoms with E-state index in [1.165, 1.54) is 90.4 Å². The second kappa shape index (κ2) is 16.8. The topological polar surface area (TPSA) is 69.2 Å². The van der Waals surface area contributed by atoms with Gasteiger partial charge in [-0.1, -0.05) is 94.9 Å². The Balaban J connectivity index is 1.62. The third-order valence-corrected chi connectivity index (χ3v) is 11.1. The van der Waals surface area contributed by atoms with Gasteiger partial charge in [0.05, 0.1) is 0 Å². The van der Waals surface area contributed by atoms with E-state index in [1.54, 1.807) is 0 Å². The minimum absolute atomic E-state index is 0.0797. The first-order chi connectivity index (χ1) is 21.0. The maximum absolute atomic E-state index is 6.44. The Morgan fingerprint density at radius 3 is 1.22 bits per heavy atom. The van der Waals surface area contributed by atoms with Gasteiger partial charge in [0.2, 0.25) is 17.2 Å². The largest absolute Gasteiger partial charge is 0.354 e. The summed E-state index contributed by atoms with van der Waals surface area (Å²) in [4.78, 5) is 19.2. The Morgan fingerprint density at radius 2 is 0.889 bits per heavy atom. The number of rotatable bonds is 18. The highest BCUT2D eigenvalue weighted by Crippen LogP contribution is 2.37. The molecule has 0 aliphatic carbocycles. The van der Waals surface area contributed by atoms with Crippen molar-refractivity contribution in [3.63, 3.8) is 0 Å². The maximum Gasteiger partial charge on any atom is 0.228 e. The van der Waals surface area contributed by atoms with Crippen LogP contribution in [0.1, 0.15) is 146 Å². The van der Waals surface area contributed by atoms with Gasteiger partial charge in [-0.15, -0.1) is 0 Å². The zero-order chi connectivity index (χ0) is 33.3. The number of likely N-dealkylation sites (tertiary alicyclic amines) is 2. The van der Waals surface area contributed by atoms with Crippen LogP contribution in [0.4, 0.5) is 11.9 Å². The number of nitrogens with one attached hydrogen (secondary N) is 2. The molecule has 1 aromatic heterocycles. The molecule has 2 saturated heterocycles. The first-order valence-corrected chi connectivity index (χ1v) is 18.8. The van der Waals surface area contributed by atoms with Gasteiger partial charge < -0.3 is 20.4 Å². The van der Waals surface area contributed by atoms with Gasteiger partial charge in [0.15, 0.2) is 0 Å². The Bertz CT molecular complexity index is 936. The third kappa shape index (κ3) is 13.5. The van der Waals surface area contributed by atoms with E-state index in [1.807, 2.05) is 0 Å². The fraction of sp³-hybridized carbons (Fsp3) is 0.919. The number of halogens is 1. The smallest absolute Gasteiger partial charge is 0.228 e. The van der Waals surface area contributed by atoms with Crippen molar-refractivity contribution < 1.29 is 0 Å². The highest BCUT2D eigenvalue weighted by Gasteiger charge is 2.34. The van der Waals surface area contributed by atoms with Crippen molar-refractivity contribution in [2.45, 2.75) is 158 Å². The van der Waals surface area contributed by atoms with Crippen LogP contribution in [-0.2, 0) is 0 Å². The summed E-state index contributed by atoms with van der Waals surface area (Å²) in [6.07, 6.45) is 15.2. The zero-order valence-electron chi connectivity index (χ0n) is 31.0. The van der Waals surface area contributed by atoms with Crippen LogP contribution in [0.2, 0.25) is 5.28 Å². The molecule has 0 saturated carbocycles. The van der Waals surface area contributed by atoms with E-state index in [0.717, 1.165) is 25.9 Å². The molecule has 1 aromatic rings. The van der Waals surface area contributed by atoms with Crippen molar-refractivity contribution >= 4 is 23.5 Å². The summed E-state index contributed by atoms with van der Waals surface area (Å²) in [7, 11) is 0. The quantitative estimate of drug-likeness (QED) is 0.164. The lowest BCUT2D eigenvalue weighted by Gasteiger charge is -2.42. The average molecular weight is 648 g/mol. The van der Waals surface area contributed by atoms with Crippen molar-refractivity contribution in [2.75, 3.05) is 49.9 Å². The summed E-state index contributed by atoms with van der Waals surface area (Å²) in [6, 6.07) is 1.19. The summed E-state index contributed by atoms with van der Waals surface area (Å²) in [5, 5.41) is 7.32. The molecule has 2 aliphatic heterocycles. The predicted octanol–water partition coefficient (Wildman–Crippen LogP) is 9.54. The van der Waals surface area contributed by atoms with E-state index >= 15 is 0 Å². The first-order valence-electron chi connectivity index (χ1n) is 18.4. The van der Waals surface area contributed by atoms with Gasteiger partial charge in [0.25, 0.3) is 0 Å². The molecule has 3 rings (SSSR count). The van der Waals surface area contributed by atoms with E-state index < -0.39 is 0 Å². The molecule has 7 nitrogen and oxygen atoms in total. The fourth-order valence-electron chi connectivity index (χ4n) is 7.36. The van der Waals surface area contributed by atoms with Crippen molar-refractivity contribution in [1.29, 1.82) is 0 Å². The van der Waals surface area contributed by atoms with Gasteiger partial charge in [-0.05, 0) is 111 Å². The lowest BCUT2D eigenvalue weighted by Crippen LogP contribution is -2.45. The van der Waals surface area contributed by atoms with E-state index in [4.69, 9.17) is 16.6 Å². The standard InChI is InChI=1S/C37H70ClN7/c1-11-34(3,4)23-29(44-19-15-13-16-20-44)25-36(7,8)27-39-32-41-31(38)42-33(43-32)40-28-37(9,10)26-30(24-35(5,6)12-2)45-21-17-14-18-22-45/h29-30H,11-28H2,1-10H3,(H2,39,40,41,42,43). The van der Waals surface area contributed by atoms with E-state index in [2.05, 4.69) is 99.6 Å². The van der Waals surface area contributed by atoms with Crippen LogP contribution in [0.3, 0.4) is 0 Å². The fourth-order valence-corrected chi connectivity index (χ4v) is 7.52. The maximum atomic E-state index is 6.44. The van der Waals surface area contributed by atoms with Gasteiger partial charge in [0, 0.05) is 25.2 Å². The second-order valence-electron chi connectivity index (χ2n) is 17.6. The van der Waals surface area contributed by atoms with Crippen LogP contribution < -0.4 is 10.6 Å². The molecule has 3 heterocycles. The molecular weight excluding hydrogens is 578 g/mol. The highest BCUT2D eigenvalue weighted by molar-refractivity contribution is 6.28. The van der Waals surface area contributed by atoms with Gasteiger partial charge >= 0.3 is 0 Å². The van der Waals surface area contributed by atoms with E-state index in [0.29, 0.717) is 34.8 Å². The number of anilines is 2. The van der Waals surface area contributed by atoms with Gasteiger partial charge in [0.1, 0.15) is 0 Å². The number of piperidine rings is 2. The molecule has 0 spiro atoms. The van der Waals surface area contributed by atoms with Crippen molar-refractivity contribution in [3.8, 4) is 0 Å². The van der Waals surface area contributed by atoms with Crippen LogP contribution >= 0.6 is 11.6 Å². The van der Waals surface area contributed by atoms with Gasteiger partial charge in [-0.25, -0.2) is 0 Å². The second-order valence-corrected chi connectivity index (χ2v) is 18.0. The molecule has 0 amide bonds. The molecule has 8 heteroatoms. The Hall–Kier alpha value is -1.18. The third-order valence-electron chi connectivity index (χ3n) is 10.9. The van der Waals surface area contributed by atoms with Gasteiger partial charge in [-0.3, -0.25) is 0 Å². The SMILES string of the molecule is CCC(C)(C)CC(CC(C)(C)CNc1nc(Cl)nc(NCC(C)(C)CC(CC(C)(C)CC)N2CCCCC2)n1)N1CCCCC1. The molecule has 0 radical (unpaired) electrons. The molecule has 2 unspecified atom stereocenters. The number of aromatic nitrogens is 3. The van der Waals surface area contributed by atoms with Crippen molar-refractivity contribution in [3.05, 3.63) is 5.28 Å². The first kappa shape index (κ1) is 38.3. The number of nitrogens with zero attached hydrogens (tertiary/aromatic N) is 5. The summed E-state index contributed by atoms with van der Waals surface area (Å²) in [5.41, 5.74) is 0.857. The lowest BCUT2D eigenvalue weighted by molar-refractivity contribution is 0.0846. The number of hydrogen-bond acceptors (Lipinski definition) is 7. The lowest BCUT2D eigenvalue weighted by atomic mass is 9.76. The molecule has 0 aromatic carbocycles. The van der Waals surface area contributed by atoms with Crippen molar-refractivity contribution in [2.24, 2.45) is 21.7 Å². The zero-order valence-corrected chi connectivity index (χ0v) is 31.8. The molecule has 45 heavy (non-hydrogen) atoms. The molecular formula is C37H70ClN7. The minimum Gasteiger partial charge on any atom is -0.354 e. The average Bonchev–Trinajstić information content (AvgIpc) is 2.99. The minimum atomic E-state index is 0.0797. The van der Waals surface area contributed by atoms with Crippen molar-refractivity contribution in [1.82, 2.24) is 24.8 Å². The predicted molar refractivity (Wildman–Crippen MR) is 194 cm³/mol. The van der Waals surface area contributed by atoms with Crippen LogP contribution in [0.5, 0.6) is 0 Å². The summed E-state index contributed by atoms with van der Waals surface area (Å²) < 4.78 is 0. The molecule has 2 atom stereocenters. The Kier molecular flexibility index (Phi) is 14.3. The molecule has 260 valence electrons. The summed E-state index contributed by atoms with van der Waals surface area (Å²) in [6.45, 7) is 30.4. The Morgan fingerprint density at radius 1 is 0.556 bits per heavy atom.